The lowest BCUT2D eigenvalue weighted by Crippen LogP contribution is -2.49. The number of piperazine rings is 1. The molecule has 1 amide bonds. The number of ether oxygens (including phenoxy) is 1. The largest absolute Gasteiger partial charge is 0.496 e. The van der Waals surface area contributed by atoms with Gasteiger partial charge in [0.05, 0.1) is 25.5 Å². The van der Waals surface area contributed by atoms with Gasteiger partial charge in [-0.05, 0) is 24.3 Å². The molecular formula is C19H22ClN5O4. The van der Waals surface area contributed by atoms with Crippen LogP contribution in [0.2, 0.25) is 0 Å². The average molecular weight is 420 g/mol. The van der Waals surface area contributed by atoms with Crippen molar-refractivity contribution < 1.29 is 19.1 Å². The molecule has 10 heteroatoms. The maximum atomic E-state index is 12.4. The van der Waals surface area contributed by atoms with E-state index >= 15 is 0 Å². The van der Waals surface area contributed by atoms with Crippen LogP contribution in [-0.2, 0) is 6.61 Å². The number of aliphatic hydroxyl groups is 1. The number of nitrogen functional groups attached to an aromatic ring is 1. The summed E-state index contributed by atoms with van der Waals surface area (Å²) in [5.41, 5.74) is 7.42. The van der Waals surface area contributed by atoms with Gasteiger partial charge in [-0.15, -0.1) is 12.4 Å². The van der Waals surface area contributed by atoms with Crippen molar-refractivity contribution in [1.29, 1.82) is 0 Å². The Balaban J connectivity index is 0.00000240. The molecule has 3 heterocycles. The first-order chi connectivity index (χ1) is 13.6. The molecule has 1 aliphatic rings. The van der Waals surface area contributed by atoms with Crippen LogP contribution in [0.15, 0.2) is 34.9 Å². The van der Waals surface area contributed by atoms with E-state index in [4.69, 9.17) is 14.9 Å². The quantitative estimate of drug-likeness (QED) is 0.655. The smallest absolute Gasteiger partial charge is 0.289 e. The van der Waals surface area contributed by atoms with E-state index < -0.39 is 0 Å². The highest BCUT2D eigenvalue weighted by molar-refractivity contribution is 5.92. The van der Waals surface area contributed by atoms with Gasteiger partial charge in [0.15, 0.2) is 5.76 Å². The molecule has 0 radical (unpaired) electrons. The van der Waals surface area contributed by atoms with Crippen LogP contribution in [0.3, 0.4) is 0 Å². The number of amides is 1. The molecular weight excluding hydrogens is 398 g/mol. The molecule has 2 aromatic heterocycles. The number of hydrogen-bond acceptors (Lipinski definition) is 8. The standard InChI is InChI=1S/C19H21N5O4.ClH/c1-27-16-10-13-14(9-12(16)11-25)21-19(22-17(13)20)24-6-4-23(5-7-24)18(26)15-3-2-8-28-15;/h2-3,8-10,25H,4-7,11H2,1H3,(H2,20,21,22);1H. The summed E-state index contributed by atoms with van der Waals surface area (Å²) < 4.78 is 10.5. The summed E-state index contributed by atoms with van der Waals surface area (Å²) in [5, 5.41) is 10.2. The molecule has 0 aliphatic carbocycles. The number of carbonyl (C=O) groups excluding carboxylic acids is 1. The molecule has 1 aliphatic heterocycles. The second kappa shape index (κ2) is 8.54. The van der Waals surface area contributed by atoms with Crippen LogP contribution in [0.1, 0.15) is 16.1 Å². The molecule has 3 N–H and O–H groups in total. The molecule has 9 nitrogen and oxygen atoms in total. The van der Waals surface area contributed by atoms with E-state index in [1.165, 1.54) is 13.4 Å². The Bertz CT molecular complexity index is 1000. The maximum Gasteiger partial charge on any atom is 0.289 e. The van der Waals surface area contributed by atoms with Gasteiger partial charge >= 0.3 is 0 Å². The maximum absolute atomic E-state index is 12.4. The topological polar surface area (TPSA) is 118 Å². The molecule has 1 fully saturated rings. The van der Waals surface area contributed by atoms with Crippen LogP contribution in [-0.4, -0.2) is 59.2 Å². The van der Waals surface area contributed by atoms with Crippen LogP contribution in [0.5, 0.6) is 5.75 Å². The summed E-state index contributed by atoms with van der Waals surface area (Å²) in [4.78, 5) is 25.2. The fourth-order valence-electron chi connectivity index (χ4n) is 3.33. The summed E-state index contributed by atoms with van der Waals surface area (Å²) in [6.45, 7) is 2.07. The molecule has 0 unspecified atom stereocenters. The molecule has 0 saturated carbocycles. The number of aliphatic hydroxyl groups excluding tert-OH is 1. The fourth-order valence-corrected chi connectivity index (χ4v) is 3.33. The lowest BCUT2D eigenvalue weighted by atomic mass is 10.1. The van der Waals surface area contributed by atoms with Gasteiger partial charge in [0.2, 0.25) is 5.95 Å². The third-order valence-corrected chi connectivity index (χ3v) is 4.87. The summed E-state index contributed by atoms with van der Waals surface area (Å²) in [5.74, 6) is 1.61. The Morgan fingerprint density at radius 3 is 2.66 bits per heavy atom. The van der Waals surface area contributed by atoms with Crippen molar-refractivity contribution in [3.05, 3.63) is 41.9 Å². The minimum atomic E-state index is -0.161. The number of benzene rings is 1. The molecule has 1 saturated heterocycles. The highest BCUT2D eigenvalue weighted by atomic mass is 35.5. The minimum absolute atomic E-state index is 0. The Kier molecular flexibility index (Phi) is 6.09. The molecule has 29 heavy (non-hydrogen) atoms. The van der Waals surface area contributed by atoms with Gasteiger partial charge in [-0.25, -0.2) is 4.98 Å². The van der Waals surface area contributed by atoms with Crippen LogP contribution in [0, 0.1) is 0 Å². The third kappa shape index (κ3) is 3.92. The van der Waals surface area contributed by atoms with Gasteiger partial charge in [-0.3, -0.25) is 4.79 Å². The first-order valence-electron chi connectivity index (χ1n) is 8.93. The van der Waals surface area contributed by atoms with Crippen molar-refractivity contribution in [2.24, 2.45) is 0 Å². The Hall–Kier alpha value is -3.04. The number of nitrogens with two attached hydrogens (primary N) is 1. The number of methoxy groups -OCH3 is 1. The predicted octanol–water partition coefficient (Wildman–Crippen LogP) is 1.69. The van der Waals surface area contributed by atoms with E-state index in [-0.39, 0.29) is 24.9 Å². The van der Waals surface area contributed by atoms with Crippen molar-refractivity contribution in [2.75, 3.05) is 43.9 Å². The van der Waals surface area contributed by atoms with Gasteiger partial charge in [-0.1, -0.05) is 0 Å². The predicted molar refractivity (Wildman–Crippen MR) is 110 cm³/mol. The second-order valence-corrected chi connectivity index (χ2v) is 6.50. The summed E-state index contributed by atoms with van der Waals surface area (Å²) in [6, 6.07) is 6.85. The Labute approximate surface area is 173 Å². The van der Waals surface area contributed by atoms with Gasteiger partial charge < -0.3 is 29.8 Å². The van der Waals surface area contributed by atoms with Crippen LogP contribution < -0.4 is 15.4 Å². The van der Waals surface area contributed by atoms with E-state index in [1.54, 1.807) is 29.2 Å². The van der Waals surface area contributed by atoms with Crippen molar-refractivity contribution in [3.8, 4) is 5.75 Å². The SMILES string of the molecule is COc1cc2c(N)nc(N3CCN(C(=O)c4ccco4)CC3)nc2cc1CO.Cl. The zero-order valence-corrected chi connectivity index (χ0v) is 16.7. The van der Waals surface area contributed by atoms with Crippen LogP contribution in [0.4, 0.5) is 11.8 Å². The summed E-state index contributed by atoms with van der Waals surface area (Å²) >= 11 is 0. The molecule has 3 aromatic rings. The first kappa shape index (κ1) is 20.7. The van der Waals surface area contributed by atoms with E-state index in [0.717, 1.165) is 0 Å². The molecule has 1 aromatic carbocycles. The first-order valence-corrected chi connectivity index (χ1v) is 8.93. The van der Waals surface area contributed by atoms with Crippen LogP contribution in [0.25, 0.3) is 10.9 Å². The molecule has 0 bridgehead atoms. The molecule has 154 valence electrons. The summed E-state index contributed by atoms with van der Waals surface area (Å²) in [6.07, 6.45) is 1.49. The lowest BCUT2D eigenvalue weighted by molar-refractivity contribution is 0.0714. The number of aromatic nitrogens is 2. The molecule has 0 atom stereocenters. The van der Waals surface area contributed by atoms with E-state index in [1.807, 2.05) is 4.90 Å². The molecule has 0 spiro atoms. The van der Waals surface area contributed by atoms with Gasteiger partial charge in [0.25, 0.3) is 5.91 Å². The Morgan fingerprint density at radius 2 is 2.03 bits per heavy atom. The zero-order valence-electron chi connectivity index (χ0n) is 15.9. The number of fused-ring (bicyclic) bond motifs is 1. The van der Waals surface area contributed by atoms with Gasteiger partial charge in [0.1, 0.15) is 11.6 Å². The monoisotopic (exact) mass is 419 g/mol. The van der Waals surface area contributed by atoms with E-state index in [0.29, 0.717) is 65.9 Å². The number of rotatable bonds is 4. The van der Waals surface area contributed by atoms with Crippen molar-refractivity contribution in [3.63, 3.8) is 0 Å². The lowest BCUT2D eigenvalue weighted by Gasteiger charge is -2.34. The van der Waals surface area contributed by atoms with Crippen LogP contribution >= 0.6 is 12.4 Å². The highest BCUT2D eigenvalue weighted by Crippen LogP contribution is 2.29. The molecule has 4 rings (SSSR count). The van der Waals surface area contributed by atoms with Gasteiger partial charge in [-0.2, -0.15) is 4.98 Å². The minimum Gasteiger partial charge on any atom is -0.496 e. The second-order valence-electron chi connectivity index (χ2n) is 6.50. The number of furan rings is 1. The van der Waals surface area contributed by atoms with E-state index in [2.05, 4.69) is 9.97 Å². The number of carbonyl (C=O) groups is 1. The normalized spacial score (nSPS) is 14.0. The van der Waals surface area contributed by atoms with Crippen molar-refractivity contribution >= 4 is 41.0 Å². The number of hydrogen-bond donors (Lipinski definition) is 2. The number of halogens is 1. The highest BCUT2D eigenvalue weighted by Gasteiger charge is 2.25. The van der Waals surface area contributed by atoms with Crippen molar-refractivity contribution in [2.45, 2.75) is 6.61 Å². The average Bonchev–Trinajstić information content (AvgIpc) is 3.27. The third-order valence-electron chi connectivity index (χ3n) is 4.87. The number of nitrogens with zero attached hydrogens (tertiary/aromatic N) is 4. The Morgan fingerprint density at radius 1 is 1.28 bits per heavy atom. The fraction of sp³-hybridized carbons (Fsp3) is 0.316. The van der Waals surface area contributed by atoms with Gasteiger partial charge in [0, 0.05) is 37.1 Å². The summed E-state index contributed by atoms with van der Waals surface area (Å²) in [7, 11) is 1.54. The zero-order chi connectivity index (χ0) is 19.7. The number of anilines is 2. The van der Waals surface area contributed by atoms with E-state index in [9.17, 15) is 9.90 Å². The van der Waals surface area contributed by atoms with Crippen molar-refractivity contribution in [1.82, 2.24) is 14.9 Å².